The molecule has 3 heterocycles. The smallest absolute Gasteiger partial charge is 0.229 e. The predicted octanol–water partition coefficient (Wildman–Crippen LogP) is 2.98. The second kappa shape index (κ2) is 8.38. The van der Waals surface area contributed by atoms with E-state index in [0.717, 1.165) is 30.6 Å². The van der Waals surface area contributed by atoms with Gasteiger partial charge in [0.25, 0.3) is 0 Å². The molecule has 4 rings (SSSR count). The Balaban J connectivity index is 1.46. The van der Waals surface area contributed by atoms with Gasteiger partial charge in [-0.05, 0) is 23.6 Å². The SMILES string of the molecule is O=C1C2CN(Cc3ccncc3Cl)CCC2OCCN1Cc1ccccc1. The average molecular weight is 386 g/mol. The van der Waals surface area contributed by atoms with Crippen LogP contribution in [0.2, 0.25) is 5.02 Å². The molecule has 2 saturated heterocycles. The Bertz CT molecular complexity index is 786. The normalized spacial score (nSPS) is 23.7. The summed E-state index contributed by atoms with van der Waals surface area (Å²) in [5, 5.41) is 0.675. The van der Waals surface area contributed by atoms with Gasteiger partial charge in [0.1, 0.15) is 0 Å². The molecule has 0 saturated carbocycles. The molecule has 0 N–H and O–H groups in total. The Hall–Kier alpha value is -1.95. The summed E-state index contributed by atoms with van der Waals surface area (Å²) in [6.45, 7) is 4.24. The maximum Gasteiger partial charge on any atom is 0.229 e. The van der Waals surface area contributed by atoms with E-state index in [-0.39, 0.29) is 17.9 Å². The third-order valence-electron chi connectivity index (χ3n) is 5.42. The average Bonchev–Trinajstić information content (AvgIpc) is 2.84. The lowest BCUT2D eigenvalue weighted by molar-refractivity contribution is -0.140. The van der Waals surface area contributed by atoms with Crippen LogP contribution >= 0.6 is 11.6 Å². The standard InChI is InChI=1S/C21H24ClN3O2/c22-19-12-23-8-6-17(19)14-24-9-7-20-18(15-24)21(26)25(10-11-27-20)13-16-4-2-1-3-5-16/h1-6,8,12,18,20H,7,9-11,13-15H2. The van der Waals surface area contributed by atoms with Crippen LogP contribution in [-0.4, -0.2) is 53.0 Å². The van der Waals surface area contributed by atoms with Crippen molar-refractivity contribution >= 4 is 17.5 Å². The first-order valence-electron chi connectivity index (χ1n) is 9.46. The summed E-state index contributed by atoms with van der Waals surface area (Å²) in [7, 11) is 0. The maximum absolute atomic E-state index is 13.2. The Morgan fingerprint density at radius 1 is 1.15 bits per heavy atom. The summed E-state index contributed by atoms with van der Waals surface area (Å²) in [6.07, 6.45) is 4.32. The van der Waals surface area contributed by atoms with Crippen LogP contribution in [0.5, 0.6) is 0 Å². The number of pyridine rings is 1. The molecular formula is C21H24ClN3O2. The molecule has 0 spiro atoms. The molecule has 6 heteroatoms. The molecule has 0 bridgehead atoms. The van der Waals surface area contributed by atoms with E-state index < -0.39 is 0 Å². The summed E-state index contributed by atoms with van der Waals surface area (Å²) < 4.78 is 6.04. The van der Waals surface area contributed by atoms with Crippen LogP contribution in [0.25, 0.3) is 0 Å². The van der Waals surface area contributed by atoms with Gasteiger partial charge in [-0.15, -0.1) is 0 Å². The molecule has 1 aromatic heterocycles. The van der Waals surface area contributed by atoms with Gasteiger partial charge >= 0.3 is 0 Å². The lowest BCUT2D eigenvalue weighted by Gasteiger charge is -2.37. The van der Waals surface area contributed by atoms with Crippen molar-refractivity contribution in [2.45, 2.75) is 25.6 Å². The minimum absolute atomic E-state index is 0.0161. The molecule has 27 heavy (non-hydrogen) atoms. The number of hydrogen-bond donors (Lipinski definition) is 0. The van der Waals surface area contributed by atoms with Crippen LogP contribution in [0.15, 0.2) is 48.8 Å². The molecule has 2 atom stereocenters. The largest absolute Gasteiger partial charge is 0.375 e. The van der Waals surface area contributed by atoms with E-state index in [1.54, 1.807) is 12.4 Å². The molecule has 142 valence electrons. The number of fused-ring (bicyclic) bond motifs is 1. The number of piperidine rings is 1. The minimum atomic E-state index is -0.120. The highest BCUT2D eigenvalue weighted by molar-refractivity contribution is 6.31. The third kappa shape index (κ3) is 4.32. The lowest BCUT2D eigenvalue weighted by Crippen LogP contribution is -2.49. The third-order valence-corrected chi connectivity index (χ3v) is 5.76. The Kier molecular flexibility index (Phi) is 5.72. The summed E-state index contributed by atoms with van der Waals surface area (Å²) in [5.74, 6) is 0.0810. The Morgan fingerprint density at radius 3 is 2.81 bits per heavy atom. The minimum Gasteiger partial charge on any atom is -0.375 e. The van der Waals surface area contributed by atoms with Gasteiger partial charge in [-0.3, -0.25) is 14.7 Å². The van der Waals surface area contributed by atoms with Crippen LogP contribution in [0.3, 0.4) is 0 Å². The fraction of sp³-hybridized carbons (Fsp3) is 0.429. The number of hydrogen-bond acceptors (Lipinski definition) is 4. The highest BCUT2D eigenvalue weighted by atomic mass is 35.5. The zero-order valence-electron chi connectivity index (χ0n) is 15.3. The van der Waals surface area contributed by atoms with Crippen molar-refractivity contribution in [3.8, 4) is 0 Å². The molecule has 2 aliphatic heterocycles. The number of amides is 1. The molecule has 2 aromatic rings. The van der Waals surface area contributed by atoms with Crippen molar-refractivity contribution < 1.29 is 9.53 Å². The van der Waals surface area contributed by atoms with E-state index in [2.05, 4.69) is 22.0 Å². The number of benzene rings is 1. The highest BCUT2D eigenvalue weighted by Gasteiger charge is 2.39. The number of halogens is 1. The fourth-order valence-corrected chi connectivity index (χ4v) is 4.15. The van der Waals surface area contributed by atoms with Crippen molar-refractivity contribution in [3.63, 3.8) is 0 Å². The first kappa shape index (κ1) is 18.4. The molecule has 0 radical (unpaired) electrons. The van der Waals surface area contributed by atoms with Gasteiger partial charge in [-0.1, -0.05) is 41.9 Å². The van der Waals surface area contributed by atoms with E-state index in [9.17, 15) is 4.79 Å². The zero-order chi connectivity index (χ0) is 18.6. The van der Waals surface area contributed by atoms with Gasteiger partial charge < -0.3 is 9.64 Å². The van der Waals surface area contributed by atoms with Gasteiger partial charge in [-0.2, -0.15) is 0 Å². The van der Waals surface area contributed by atoms with E-state index in [0.29, 0.717) is 31.3 Å². The van der Waals surface area contributed by atoms with Crippen LogP contribution in [0, 0.1) is 5.92 Å². The zero-order valence-corrected chi connectivity index (χ0v) is 16.0. The molecule has 2 fully saturated rings. The van der Waals surface area contributed by atoms with E-state index in [1.165, 1.54) is 0 Å². The molecule has 1 amide bonds. The number of aromatic nitrogens is 1. The first-order chi connectivity index (χ1) is 13.2. The van der Waals surface area contributed by atoms with Crippen LogP contribution in [0.1, 0.15) is 17.5 Å². The molecule has 2 aliphatic rings. The van der Waals surface area contributed by atoms with Crippen LogP contribution in [-0.2, 0) is 22.6 Å². The number of carbonyl (C=O) groups is 1. The second-order valence-corrected chi connectivity index (χ2v) is 7.66. The second-order valence-electron chi connectivity index (χ2n) is 7.25. The lowest BCUT2D eigenvalue weighted by atomic mass is 9.93. The van der Waals surface area contributed by atoms with Crippen LogP contribution in [0.4, 0.5) is 0 Å². The van der Waals surface area contributed by atoms with Gasteiger partial charge in [0, 0.05) is 45.1 Å². The predicted molar refractivity (Wildman–Crippen MR) is 104 cm³/mol. The summed E-state index contributed by atoms with van der Waals surface area (Å²) in [6, 6.07) is 12.1. The van der Waals surface area contributed by atoms with E-state index in [4.69, 9.17) is 16.3 Å². The topological polar surface area (TPSA) is 45.7 Å². The van der Waals surface area contributed by atoms with Gasteiger partial charge in [-0.25, -0.2) is 0 Å². The number of likely N-dealkylation sites (tertiary alicyclic amines) is 1. The number of ether oxygens (including phenoxy) is 1. The molecule has 2 unspecified atom stereocenters. The van der Waals surface area contributed by atoms with Crippen molar-refractivity contribution in [2.24, 2.45) is 5.92 Å². The number of rotatable bonds is 4. The molecular weight excluding hydrogens is 362 g/mol. The van der Waals surface area contributed by atoms with Gasteiger partial charge in [0.05, 0.1) is 23.7 Å². The molecule has 1 aromatic carbocycles. The van der Waals surface area contributed by atoms with Crippen molar-refractivity contribution in [2.75, 3.05) is 26.2 Å². The number of carbonyl (C=O) groups excluding carboxylic acids is 1. The molecule has 0 aliphatic carbocycles. The molecule has 5 nitrogen and oxygen atoms in total. The number of nitrogens with zero attached hydrogens (tertiary/aromatic N) is 3. The first-order valence-corrected chi connectivity index (χ1v) is 9.83. The summed E-state index contributed by atoms with van der Waals surface area (Å²) in [4.78, 5) is 21.5. The highest BCUT2D eigenvalue weighted by Crippen LogP contribution is 2.27. The quantitative estimate of drug-likeness (QED) is 0.811. The summed E-state index contributed by atoms with van der Waals surface area (Å²) in [5.41, 5.74) is 2.20. The fourth-order valence-electron chi connectivity index (χ4n) is 3.97. The van der Waals surface area contributed by atoms with Gasteiger partial charge in [0.2, 0.25) is 5.91 Å². The van der Waals surface area contributed by atoms with Gasteiger partial charge in [0.15, 0.2) is 0 Å². The van der Waals surface area contributed by atoms with Crippen molar-refractivity contribution in [1.29, 1.82) is 0 Å². The Morgan fingerprint density at radius 2 is 2.00 bits per heavy atom. The van der Waals surface area contributed by atoms with Crippen molar-refractivity contribution in [1.82, 2.24) is 14.8 Å². The monoisotopic (exact) mass is 385 g/mol. The van der Waals surface area contributed by atoms with Crippen LogP contribution < -0.4 is 0 Å². The maximum atomic E-state index is 13.2. The summed E-state index contributed by atoms with van der Waals surface area (Å²) >= 11 is 6.26. The van der Waals surface area contributed by atoms with Crippen molar-refractivity contribution in [3.05, 3.63) is 64.9 Å². The van der Waals surface area contributed by atoms with E-state index >= 15 is 0 Å². The Labute approximate surface area is 164 Å². The van der Waals surface area contributed by atoms with E-state index in [1.807, 2.05) is 29.2 Å².